The van der Waals surface area contributed by atoms with Crippen LogP contribution >= 0.6 is 0 Å². The number of ketones is 2. The number of Topliss-reactive ketones (excluding diaryl/α,β-unsaturated/α-hetero) is 2. The lowest BCUT2D eigenvalue weighted by atomic mass is 9.44. The molecule has 5 rings (SSSR count). The Morgan fingerprint density at radius 2 is 1.77 bits per heavy atom. The highest BCUT2D eigenvalue weighted by Crippen LogP contribution is 2.67. The average Bonchev–Trinajstić information content (AvgIpc) is 3.45. The van der Waals surface area contributed by atoms with Crippen molar-refractivity contribution in [3.8, 4) is 0 Å². The second-order valence-electron chi connectivity index (χ2n) is 11.5. The normalized spacial score (nSPS) is 50.3. The Morgan fingerprint density at radius 3 is 2.40 bits per heavy atom. The van der Waals surface area contributed by atoms with Crippen LogP contribution in [0.4, 0.5) is 0 Å². The van der Waals surface area contributed by atoms with E-state index < -0.39 is 5.41 Å². The molecule has 1 aliphatic heterocycles. The average molecular weight is 416 g/mol. The third-order valence-electron chi connectivity index (χ3n) is 10.2. The van der Waals surface area contributed by atoms with E-state index in [9.17, 15) is 14.4 Å². The summed E-state index contributed by atoms with van der Waals surface area (Å²) in [5, 5.41) is 0. The molecule has 1 heterocycles. The van der Waals surface area contributed by atoms with Crippen LogP contribution in [0, 0.1) is 40.4 Å². The van der Waals surface area contributed by atoms with Gasteiger partial charge in [0.25, 0.3) is 0 Å². The molecule has 0 aromatic heterocycles. The molecule has 5 nitrogen and oxygen atoms in total. The van der Waals surface area contributed by atoms with Crippen LogP contribution < -0.4 is 0 Å². The molecule has 4 aliphatic carbocycles. The second-order valence-corrected chi connectivity index (χ2v) is 11.5. The molecule has 5 aliphatic rings. The van der Waals surface area contributed by atoms with E-state index in [1.807, 2.05) is 0 Å². The van der Waals surface area contributed by atoms with Crippen LogP contribution in [-0.2, 0) is 19.1 Å². The smallest absolute Gasteiger partial charge is 0.302 e. The molecule has 0 N–H and O–H groups in total. The van der Waals surface area contributed by atoms with Crippen LogP contribution in [0.15, 0.2) is 0 Å². The summed E-state index contributed by atoms with van der Waals surface area (Å²) in [5.41, 5.74) is -0.321. The highest BCUT2D eigenvalue weighted by molar-refractivity contribution is 5.94. The minimum atomic E-state index is -0.474. The minimum Gasteiger partial charge on any atom is -0.463 e. The number of fused-ring (bicyclic) bond motifs is 5. The van der Waals surface area contributed by atoms with Gasteiger partial charge in [-0.15, -0.1) is 0 Å². The maximum atomic E-state index is 13.7. The number of hydrogen-bond donors (Lipinski definition) is 0. The Labute approximate surface area is 180 Å². The van der Waals surface area contributed by atoms with Gasteiger partial charge in [0.15, 0.2) is 0 Å². The van der Waals surface area contributed by atoms with Crippen LogP contribution in [-0.4, -0.2) is 47.7 Å². The number of rotatable bonds is 3. The van der Waals surface area contributed by atoms with E-state index >= 15 is 0 Å². The topological polar surface area (TPSA) is 63.5 Å². The van der Waals surface area contributed by atoms with E-state index in [1.165, 1.54) is 6.92 Å². The molecule has 166 valence electrons. The Bertz CT molecular complexity index is 775. The van der Waals surface area contributed by atoms with E-state index in [0.29, 0.717) is 35.9 Å². The first-order chi connectivity index (χ1) is 14.2. The summed E-state index contributed by atoms with van der Waals surface area (Å²) >= 11 is 0. The Hall–Kier alpha value is -1.23. The predicted molar refractivity (Wildman–Crippen MR) is 113 cm³/mol. The van der Waals surface area contributed by atoms with E-state index in [2.05, 4.69) is 18.7 Å². The number of ether oxygens (including phenoxy) is 1. The van der Waals surface area contributed by atoms with E-state index in [1.54, 1.807) is 6.92 Å². The van der Waals surface area contributed by atoms with E-state index in [4.69, 9.17) is 4.74 Å². The van der Waals surface area contributed by atoms with Gasteiger partial charge in [-0.05, 0) is 74.5 Å². The van der Waals surface area contributed by atoms with E-state index in [0.717, 1.165) is 51.6 Å². The van der Waals surface area contributed by atoms with E-state index in [-0.39, 0.29) is 35.2 Å². The molecule has 1 saturated heterocycles. The summed E-state index contributed by atoms with van der Waals surface area (Å²) < 4.78 is 5.57. The highest BCUT2D eigenvalue weighted by Gasteiger charge is 2.67. The molecule has 30 heavy (non-hydrogen) atoms. The Balaban J connectivity index is 1.43. The number of hydrogen-bond acceptors (Lipinski definition) is 5. The lowest BCUT2D eigenvalue weighted by molar-refractivity contribution is -0.167. The van der Waals surface area contributed by atoms with Crippen molar-refractivity contribution in [1.82, 2.24) is 4.90 Å². The molecular weight excluding hydrogens is 378 g/mol. The molecule has 0 spiro atoms. The first-order valence-electron chi connectivity index (χ1n) is 12.1. The molecule has 0 aromatic rings. The van der Waals surface area contributed by atoms with Crippen molar-refractivity contribution in [3.05, 3.63) is 0 Å². The highest BCUT2D eigenvalue weighted by atomic mass is 16.5. The van der Waals surface area contributed by atoms with Gasteiger partial charge in [0.1, 0.15) is 17.7 Å². The molecular formula is C25H37NO4. The fraction of sp³-hybridized carbons (Fsp3) is 0.880. The van der Waals surface area contributed by atoms with Crippen LogP contribution in [0.2, 0.25) is 0 Å². The fourth-order valence-electron chi connectivity index (χ4n) is 8.74. The van der Waals surface area contributed by atoms with Crippen molar-refractivity contribution >= 4 is 17.5 Å². The van der Waals surface area contributed by atoms with Gasteiger partial charge in [-0.1, -0.05) is 13.8 Å². The van der Waals surface area contributed by atoms with Crippen molar-refractivity contribution in [1.29, 1.82) is 0 Å². The summed E-state index contributed by atoms with van der Waals surface area (Å²) in [5.74, 6) is 2.10. The third-order valence-corrected chi connectivity index (χ3v) is 10.2. The first-order valence-corrected chi connectivity index (χ1v) is 12.1. The third kappa shape index (κ3) is 2.87. The van der Waals surface area contributed by atoms with Crippen molar-refractivity contribution in [2.24, 2.45) is 40.4 Å². The predicted octanol–water partition coefficient (Wildman–Crippen LogP) is 3.64. The SMILES string of the molecule is CC(=O)OC1CC[C@@]2(C)C(CC[C@H]3[C@@H]4CC(N5CC5)[C@H](C(C)=O)[C@@]4(C)C(=O)C[C@@H]32)C1. The molecule has 5 heteroatoms. The summed E-state index contributed by atoms with van der Waals surface area (Å²) in [6.45, 7) is 9.92. The molecule has 0 amide bonds. The molecule has 4 saturated carbocycles. The van der Waals surface area contributed by atoms with Gasteiger partial charge in [0.2, 0.25) is 0 Å². The van der Waals surface area contributed by atoms with Crippen molar-refractivity contribution < 1.29 is 19.1 Å². The van der Waals surface area contributed by atoms with Crippen molar-refractivity contribution in [3.63, 3.8) is 0 Å². The number of carbonyl (C=O) groups is 3. The molecule has 5 fully saturated rings. The fourth-order valence-corrected chi connectivity index (χ4v) is 8.74. The monoisotopic (exact) mass is 415 g/mol. The van der Waals surface area contributed by atoms with Crippen LogP contribution in [0.5, 0.6) is 0 Å². The van der Waals surface area contributed by atoms with Gasteiger partial charge in [0, 0.05) is 43.8 Å². The van der Waals surface area contributed by atoms with Crippen molar-refractivity contribution in [2.75, 3.05) is 13.1 Å². The zero-order valence-corrected chi connectivity index (χ0v) is 19.0. The number of carbonyl (C=O) groups excluding carboxylic acids is 3. The first kappa shape index (κ1) is 20.7. The van der Waals surface area contributed by atoms with Crippen LogP contribution in [0.3, 0.4) is 0 Å². The number of esters is 1. The van der Waals surface area contributed by atoms with Gasteiger partial charge in [-0.3, -0.25) is 19.3 Å². The van der Waals surface area contributed by atoms with Crippen LogP contribution in [0.25, 0.3) is 0 Å². The zero-order valence-electron chi connectivity index (χ0n) is 19.0. The molecule has 3 unspecified atom stereocenters. The minimum absolute atomic E-state index is 0.0438. The van der Waals surface area contributed by atoms with Crippen LogP contribution in [0.1, 0.15) is 72.6 Å². The van der Waals surface area contributed by atoms with Gasteiger partial charge in [-0.25, -0.2) is 0 Å². The van der Waals surface area contributed by atoms with Crippen molar-refractivity contribution in [2.45, 2.75) is 84.8 Å². The van der Waals surface area contributed by atoms with Gasteiger partial charge in [0.05, 0.1) is 0 Å². The van der Waals surface area contributed by atoms with Gasteiger partial charge < -0.3 is 4.74 Å². The standard InChI is InChI=1S/C25H37NO4/c1-14(27)23-21(26-9-10-26)12-20-18-6-5-16-11-17(30-15(2)28)7-8-24(16,3)19(18)13-22(29)25(20,23)4/h16-21,23H,5-13H2,1-4H3/t16?,17?,18-,19+,20+,21?,23+,24+,25-/m1/s1. The largest absolute Gasteiger partial charge is 0.463 e. The Morgan fingerprint density at radius 1 is 1.03 bits per heavy atom. The molecule has 9 atom stereocenters. The maximum absolute atomic E-state index is 13.7. The van der Waals surface area contributed by atoms with Gasteiger partial charge in [-0.2, -0.15) is 0 Å². The summed E-state index contributed by atoms with van der Waals surface area (Å²) in [6, 6.07) is 0.269. The quantitative estimate of drug-likeness (QED) is 0.520. The Kier molecular flexibility index (Phi) is 4.74. The summed E-state index contributed by atoms with van der Waals surface area (Å²) in [6.07, 6.45) is 6.92. The zero-order chi connectivity index (χ0) is 21.4. The lowest BCUT2D eigenvalue weighted by Gasteiger charge is -2.60. The molecule has 0 bridgehead atoms. The lowest BCUT2D eigenvalue weighted by Crippen LogP contribution is -2.58. The molecule has 0 radical (unpaired) electrons. The summed E-state index contributed by atoms with van der Waals surface area (Å²) in [4.78, 5) is 40.4. The maximum Gasteiger partial charge on any atom is 0.302 e. The number of nitrogens with zero attached hydrogens (tertiary/aromatic N) is 1. The second kappa shape index (κ2) is 6.88. The molecule has 0 aromatic carbocycles. The van der Waals surface area contributed by atoms with Gasteiger partial charge >= 0.3 is 5.97 Å². The summed E-state index contributed by atoms with van der Waals surface area (Å²) in [7, 11) is 0.